The fraction of sp³-hybridized carbons (Fsp3) is 0.562. The van der Waals surface area contributed by atoms with Crippen LogP contribution in [0, 0.1) is 11.7 Å². The second-order valence-electron chi connectivity index (χ2n) is 5.69. The van der Waals surface area contributed by atoms with Gasteiger partial charge in [0.2, 0.25) is 5.91 Å². The highest BCUT2D eigenvalue weighted by Crippen LogP contribution is 2.24. The largest absolute Gasteiger partial charge is 0.350 e. The van der Waals surface area contributed by atoms with Gasteiger partial charge in [0.05, 0.1) is 6.04 Å². The Hall–Kier alpha value is -1.13. The molecule has 0 spiro atoms. The summed E-state index contributed by atoms with van der Waals surface area (Å²) in [5.41, 5.74) is 0.744. The number of carbonyl (C=O) groups excluding carboxylic acids is 1. The standard InChI is InChI=1S/C16H22ClFN2O/c1-11(14-4-3-13(18)10-15(14)17)20-16(21)5-2-12-6-8-19-9-7-12/h3-4,10-12,19H,2,5-9H2,1H3,(H,20,21). The molecular weight excluding hydrogens is 291 g/mol. The third-order valence-corrected chi connectivity index (χ3v) is 4.37. The van der Waals surface area contributed by atoms with Gasteiger partial charge >= 0.3 is 0 Å². The smallest absolute Gasteiger partial charge is 0.220 e. The normalized spacial score (nSPS) is 17.5. The first-order valence-corrected chi connectivity index (χ1v) is 7.89. The minimum Gasteiger partial charge on any atom is -0.350 e. The Morgan fingerprint density at radius 2 is 2.19 bits per heavy atom. The number of benzene rings is 1. The van der Waals surface area contributed by atoms with Gasteiger partial charge in [-0.3, -0.25) is 4.79 Å². The van der Waals surface area contributed by atoms with Crippen LogP contribution in [0.5, 0.6) is 0 Å². The quantitative estimate of drug-likeness (QED) is 0.874. The number of carbonyl (C=O) groups is 1. The molecule has 0 radical (unpaired) electrons. The topological polar surface area (TPSA) is 41.1 Å². The number of halogens is 2. The molecule has 0 aliphatic carbocycles. The molecule has 1 aliphatic rings. The van der Waals surface area contributed by atoms with Gasteiger partial charge in [0.15, 0.2) is 0 Å². The van der Waals surface area contributed by atoms with E-state index in [1.165, 1.54) is 12.1 Å². The summed E-state index contributed by atoms with van der Waals surface area (Å²) in [5.74, 6) is 0.302. The van der Waals surface area contributed by atoms with Crippen LogP contribution in [0.1, 0.15) is 44.2 Å². The van der Waals surface area contributed by atoms with Crippen LogP contribution in [0.3, 0.4) is 0 Å². The Morgan fingerprint density at radius 1 is 1.48 bits per heavy atom. The zero-order valence-electron chi connectivity index (χ0n) is 12.3. The first kappa shape index (κ1) is 16.2. The van der Waals surface area contributed by atoms with Crippen molar-refractivity contribution in [2.24, 2.45) is 5.92 Å². The van der Waals surface area contributed by atoms with E-state index >= 15 is 0 Å². The molecule has 1 saturated heterocycles. The van der Waals surface area contributed by atoms with E-state index in [1.807, 2.05) is 6.92 Å². The number of piperidine rings is 1. The maximum absolute atomic E-state index is 13.0. The average molecular weight is 313 g/mol. The maximum Gasteiger partial charge on any atom is 0.220 e. The first-order valence-electron chi connectivity index (χ1n) is 7.51. The van der Waals surface area contributed by atoms with Crippen molar-refractivity contribution in [3.05, 3.63) is 34.6 Å². The summed E-state index contributed by atoms with van der Waals surface area (Å²) in [6.07, 6.45) is 3.75. The zero-order valence-corrected chi connectivity index (χ0v) is 13.0. The second kappa shape index (κ2) is 7.76. The number of rotatable bonds is 5. The summed E-state index contributed by atoms with van der Waals surface area (Å²) in [6.45, 7) is 3.96. The summed E-state index contributed by atoms with van der Waals surface area (Å²) in [6, 6.07) is 4.04. The predicted octanol–water partition coefficient (Wildman–Crippen LogP) is 3.44. The molecule has 1 amide bonds. The van der Waals surface area contributed by atoms with Crippen LogP contribution in [-0.2, 0) is 4.79 Å². The Kier molecular flexibility index (Phi) is 6.00. The van der Waals surface area contributed by atoms with Crippen LogP contribution in [0.4, 0.5) is 4.39 Å². The maximum atomic E-state index is 13.0. The third kappa shape index (κ3) is 4.97. The van der Waals surface area contributed by atoms with Crippen molar-refractivity contribution in [3.8, 4) is 0 Å². The van der Waals surface area contributed by atoms with Gasteiger partial charge in [-0.25, -0.2) is 4.39 Å². The molecule has 3 nitrogen and oxygen atoms in total. The van der Waals surface area contributed by atoms with Gasteiger partial charge in [-0.1, -0.05) is 17.7 Å². The third-order valence-electron chi connectivity index (χ3n) is 4.04. The highest BCUT2D eigenvalue weighted by molar-refractivity contribution is 6.31. The van der Waals surface area contributed by atoms with E-state index in [1.54, 1.807) is 6.07 Å². The van der Waals surface area contributed by atoms with Crippen LogP contribution in [0.25, 0.3) is 0 Å². The fourth-order valence-electron chi connectivity index (χ4n) is 2.75. The van der Waals surface area contributed by atoms with Gasteiger partial charge in [0.1, 0.15) is 5.82 Å². The monoisotopic (exact) mass is 312 g/mol. The fourth-order valence-corrected chi connectivity index (χ4v) is 3.08. The lowest BCUT2D eigenvalue weighted by atomic mass is 9.93. The molecule has 1 aromatic rings. The molecule has 21 heavy (non-hydrogen) atoms. The number of nitrogens with one attached hydrogen (secondary N) is 2. The minimum absolute atomic E-state index is 0.0291. The molecule has 1 unspecified atom stereocenters. The van der Waals surface area contributed by atoms with Crippen LogP contribution in [0.15, 0.2) is 18.2 Å². The van der Waals surface area contributed by atoms with E-state index < -0.39 is 0 Å². The van der Waals surface area contributed by atoms with Gasteiger partial charge in [-0.15, -0.1) is 0 Å². The minimum atomic E-state index is -0.367. The van der Waals surface area contributed by atoms with Crippen LogP contribution >= 0.6 is 11.6 Å². The van der Waals surface area contributed by atoms with Gasteiger partial charge in [0, 0.05) is 11.4 Å². The highest BCUT2D eigenvalue weighted by atomic mass is 35.5. The lowest BCUT2D eigenvalue weighted by molar-refractivity contribution is -0.122. The summed E-state index contributed by atoms with van der Waals surface area (Å²) in [5, 5.41) is 6.60. The summed E-state index contributed by atoms with van der Waals surface area (Å²) < 4.78 is 13.0. The summed E-state index contributed by atoms with van der Waals surface area (Å²) in [7, 11) is 0. The van der Waals surface area contributed by atoms with Crippen molar-refractivity contribution in [2.75, 3.05) is 13.1 Å². The van der Waals surface area contributed by atoms with Gasteiger partial charge in [-0.05, 0) is 62.9 Å². The molecule has 0 saturated carbocycles. The molecule has 1 aromatic carbocycles. The molecular formula is C16H22ClFN2O. The van der Waals surface area contributed by atoms with Crippen LogP contribution < -0.4 is 10.6 Å². The van der Waals surface area contributed by atoms with Crippen molar-refractivity contribution >= 4 is 17.5 Å². The molecule has 2 rings (SSSR count). The van der Waals surface area contributed by atoms with E-state index in [0.717, 1.165) is 37.9 Å². The van der Waals surface area contributed by atoms with E-state index in [0.29, 0.717) is 17.4 Å². The van der Waals surface area contributed by atoms with E-state index in [9.17, 15) is 9.18 Å². The summed E-state index contributed by atoms with van der Waals surface area (Å²) in [4.78, 5) is 12.0. The molecule has 1 aliphatic heterocycles. The lowest BCUT2D eigenvalue weighted by Crippen LogP contribution is -2.30. The Balaban J connectivity index is 1.81. The van der Waals surface area contributed by atoms with Gasteiger partial charge in [-0.2, -0.15) is 0 Å². The second-order valence-corrected chi connectivity index (χ2v) is 6.09. The molecule has 0 aromatic heterocycles. The molecule has 116 valence electrons. The van der Waals surface area contributed by atoms with Crippen LogP contribution in [0.2, 0.25) is 5.02 Å². The van der Waals surface area contributed by atoms with Crippen molar-refractivity contribution in [1.29, 1.82) is 0 Å². The van der Waals surface area contributed by atoms with Gasteiger partial charge < -0.3 is 10.6 Å². The van der Waals surface area contributed by atoms with Crippen molar-refractivity contribution in [3.63, 3.8) is 0 Å². The molecule has 1 heterocycles. The SMILES string of the molecule is CC(NC(=O)CCC1CCNCC1)c1ccc(F)cc1Cl. The Bertz CT molecular complexity index is 489. The number of hydrogen-bond donors (Lipinski definition) is 2. The van der Waals surface area contributed by atoms with Gasteiger partial charge in [0.25, 0.3) is 0 Å². The zero-order chi connectivity index (χ0) is 15.2. The van der Waals surface area contributed by atoms with E-state index in [4.69, 9.17) is 11.6 Å². The molecule has 5 heteroatoms. The molecule has 1 atom stereocenters. The summed E-state index contributed by atoms with van der Waals surface area (Å²) >= 11 is 6.01. The van der Waals surface area contributed by atoms with Crippen molar-refractivity contribution in [2.45, 2.75) is 38.6 Å². The highest BCUT2D eigenvalue weighted by Gasteiger charge is 2.17. The van der Waals surface area contributed by atoms with E-state index in [2.05, 4.69) is 10.6 Å². The molecule has 1 fully saturated rings. The molecule has 2 N–H and O–H groups in total. The van der Waals surface area contributed by atoms with Crippen LogP contribution in [-0.4, -0.2) is 19.0 Å². The van der Waals surface area contributed by atoms with Crippen molar-refractivity contribution < 1.29 is 9.18 Å². The first-order chi connectivity index (χ1) is 10.1. The lowest BCUT2D eigenvalue weighted by Gasteiger charge is -2.22. The Morgan fingerprint density at radius 3 is 2.86 bits per heavy atom. The molecule has 0 bridgehead atoms. The van der Waals surface area contributed by atoms with Crippen molar-refractivity contribution in [1.82, 2.24) is 10.6 Å². The predicted molar refractivity (Wildman–Crippen MR) is 82.8 cm³/mol. The number of hydrogen-bond acceptors (Lipinski definition) is 2. The Labute approximate surface area is 130 Å². The average Bonchev–Trinajstić information content (AvgIpc) is 2.46. The number of amides is 1. The van der Waals surface area contributed by atoms with E-state index in [-0.39, 0.29) is 17.8 Å².